The van der Waals surface area contributed by atoms with Crippen LogP contribution in [-0.2, 0) is 7.05 Å². The van der Waals surface area contributed by atoms with Crippen LogP contribution >= 0.6 is 47.8 Å². The molecule has 5 heteroatoms. The molecule has 3 aromatic rings. The number of hydrogen-bond acceptors (Lipinski definition) is 1. The van der Waals surface area contributed by atoms with Gasteiger partial charge in [-0.2, -0.15) is 5.10 Å². The Morgan fingerprint density at radius 3 is 1.81 bits per heavy atom. The van der Waals surface area contributed by atoms with Crippen molar-refractivity contribution in [3.05, 3.63) is 74.3 Å². The van der Waals surface area contributed by atoms with E-state index in [1.165, 1.54) is 5.56 Å². The third-order valence-corrected chi connectivity index (χ3v) is 4.13. The summed E-state index contributed by atoms with van der Waals surface area (Å²) in [5.41, 5.74) is 2.33. The summed E-state index contributed by atoms with van der Waals surface area (Å²) in [6.45, 7) is 0. The molecule has 108 valence electrons. The lowest BCUT2D eigenvalue weighted by Crippen LogP contribution is -1.84. The number of halogens is 3. The first-order valence-electron chi connectivity index (χ1n) is 6.20. The molecule has 0 saturated heterocycles. The van der Waals surface area contributed by atoms with Crippen molar-refractivity contribution in [2.24, 2.45) is 7.05 Å². The SMILES string of the molecule is Brc1cccc(Br)c1.Cn1cc(-c2cccc(Br)c2)cn1. The molecule has 0 aliphatic heterocycles. The minimum absolute atomic E-state index is 1.09. The normalized spacial score (nSPS) is 9.90. The van der Waals surface area contributed by atoms with E-state index in [1.807, 2.05) is 55.8 Å². The van der Waals surface area contributed by atoms with Crippen LogP contribution in [0.3, 0.4) is 0 Å². The summed E-state index contributed by atoms with van der Waals surface area (Å²) in [5, 5.41) is 4.12. The highest BCUT2D eigenvalue weighted by Crippen LogP contribution is 2.21. The van der Waals surface area contributed by atoms with E-state index in [9.17, 15) is 0 Å². The lowest BCUT2D eigenvalue weighted by atomic mass is 10.1. The van der Waals surface area contributed by atoms with Gasteiger partial charge in [-0.1, -0.05) is 66.0 Å². The molecule has 0 bridgehead atoms. The molecule has 2 aromatic carbocycles. The van der Waals surface area contributed by atoms with Crippen LogP contribution in [0.4, 0.5) is 0 Å². The maximum absolute atomic E-state index is 4.12. The van der Waals surface area contributed by atoms with Crippen molar-refractivity contribution in [2.45, 2.75) is 0 Å². The Labute approximate surface area is 149 Å². The first-order chi connectivity index (χ1) is 10.0. The Hall–Kier alpha value is -0.910. The van der Waals surface area contributed by atoms with Crippen molar-refractivity contribution in [1.82, 2.24) is 9.78 Å². The predicted molar refractivity (Wildman–Crippen MR) is 98.2 cm³/mol. The molecule has 0 fully saturated rings. The average molecular weight is 473 g/mol. The Morgan fingerprint density at radius 1 is 0.810 bits per heavy atom. The summed E-state index contributed by atoms with van der Waals surface area (Å²) in [5.74, 6) is 0. The molecule has 1 aromatic heterocycles. The van der Waals surface area contributed by atoms with Gasteiger partial charge in [0.05, 0.1) is 6.20 Å². The second-order valence-electron chi connectivity index (χ2n) is 4.35. The smallest absolute Gasteiger partial charge is 0.0568 e. The van der Waals surface area contributed by atoms with Crippen LogP contribution in [0.5, 0.6) is 0 Å². The number of nitrogens with zero attached hydrogens (tertiary/aromatic N) is 2. The summed E-state index contributed by atoms with van der Waals surface area (Å²) in [6, 6.07) is 16.1. The molecule has 0 N–H and O–H groups in total. The zero-order valence-electron chi connectivity index (χ0n) is 11.3. The van der Waals surface area contributed by atoms with Crippen molar-refractivity contribution in [3.63, 3.8) is 0 Å². The monoisotopic (exact) mass is 470 g/mol. The molecule has 3 rings (SSSR count). The van der Waals surface area contributed by atoms with Gasteiger partial charge in [0.2, 0.25) is 0 Å². The quantitative estimate of drug-likeness (QED) is 0.421. The second kappa shape index (κ2) is 7.92. The van der Waals surface area contributed by atoms with Crippen molar-refractivity contribution >= 4 is 47.8 Å². The third kappa shape index (κ3) is 5.41. The summed E-state index contributed by atoms with van der Waals surface area (Å²) in [7, 11) is 1.92. The summed E-state index contributed by atoms with van der Waals surface area (Å²) in [4.78, 5) is 0. The van der Waals surface area contributed by atoms with E-state index in [0.717, 1.165) is 19.0 Å². The maximum atomic E-state index is 4.12. The highest BCUT2D eigenvalue weighted by molar-refractivity contribution is 9.11. The van der Waals surface area contributed by atoms with E-state index in [2.05, 4.69) is 65.0 Å². The van der Waals surface area contributed by atoms with Gasteiger partial charge in [0.25, 0.3) is 0 Å². The molecule has 0 saturated carbocycles. The van der Waals surface area contributed by atoms with Crippen molar-refractivity contribution in [3.8, 4) is 11.1 Å². The minimum atomic E-state index is 1.09. The molecule has 0 aliphatic rings. The second-order valence-corrected chi connectivity index (χ2v) is 7.10. The van der Waals surface area contributed by atoms with Gasteiger partial charge in [0.1, 0.15) is 0 Å². The molecule has 0 amide bonds. The van der Waals surface area contributed by atoms with E-state index in [1.54, 1.807) is 4.68 Å². The van der Waals surface area contributed by atoms with Gasteiger partial charge in [-0.15, -0.1) is 0 Å². The van der Waals surface area contributed by atoms with Crippen LogP contribution in [-0.4, -0.2) is 9.78 Å². The Balaban J connectivity index is 0.000000173. The molecule has 0 atom stereocenters. The molecule has 1 heterocycles. The zero-order valence-corrected chi connectivity index (χ0v) is 16.1. The first-order valence-corrected chi connectivity index (χ1v) is 8.58. The molecule has 21 heavy (non-hydrogen) atoms. The van der Waals surface area contributed by atoms with Crippen LogP contribution < -0.4 is 0 Å². The summed E-state index contributed by atoms with van der Waals surface area (Å²) in [6.07, 6.45) is 3.86. The largest absolute Gasteiger partial charge is 0.275 e. The summed E-state index contributed by atoms with van der Waals surface area (Å²) < 4.78 is 5.10. The number of aryl methyl sites for hydroxylation is 1. The molecule has 2 nitrogen and oxygen atoms in total. The van der Waals surface area contributed by atoms with Crippen LogP contribution in [0.2, 0.25) is 0 Å². The molecule has 0 aliphatic carbocycles. The van der Waals surface area contributed by atoms with E-state index in [4.69, 9.17) is 0 Å². The average Bonchev–Trinajstić information content (AvgIpc) is 2.86. The Kier molecular flexibility index (Phi) is 6.21. The van der Waals surface area contributed by atoms with Crippen molar-refractivity contribution < 1.29 is 0 Å². The van der Waals surface area contributed by atoms with Gasteiger partial charge in [0, 0.05) is 32.2 Å². The fourth-order valence-electron chi connectivity index (χ4n) is 1.70. The number of benzene rings is 2. The molecule has 0 unspecified atom stereocenters. The van der Waals surface area contributed by atoms with Gasteiger partial charge < -0.3 is 0 Å². The van der Waals surface area contributed by atoms with Crippen LogP contribution in [0.15, 0.2) is 74.3 Å². The van der Waals surface area contributed by atoms with E-state index in [-0.39, 0.29) is 0 Å². The van der Waals surface area contributed by atoms with Crippen molar-refractivity contribution in [1.29, 1.82) is 0 Å². The lowest BCUT2D eigenvalue weighted by molar-refractivity contribution is 0.768. The number of aromatic nitrogens is 2. The fourth-order valence-corrected chi connectivity index (χ4v) is 3.20. The highest BCUT2D eigenvalue weighted by Gasteiger charge is 1.99. The fraction of sp³-hybridized carbons (Fsp3) is 0.0625. The topological polar surface area (TPSA) is 17.8 Å². The van der Waals surface area contributed by atoms with Crippen molar-refractivity contribution in [2.75, 3.05) is 0 Å². The van der Waals surface area contributed by atoms with E-state index < -0.39 is 0 Å². The van der Waals surface area contributed by atoms with Gasteiger partial charge >= 0.3 is 0 Å². The van der Waals surface area contributed by atoms with E-state index in [0.29, 0.717) is 0 Å². The molecule has 0 spiro atoms. The van der Waals surface area contributed by atoms with Crippen LogP contribution in [0.1, 0.15) is 0 Å². The summed E-state index contributed by atoms with van der Waals surface area (Å²) >= 11 is 10.1. The Bertz CT molecular complexity index is 706. The van der Waals surface area contributed by atoms with Gasteiger partial charge in [0.15, 0.2) is 0 Å². The lowest BCUT2D eigenvalue weighted by Gasteiger charge is -1.96. The maximum Gasteiger partial charge on any atom is 0.0568 e. The number of hydrogen-bond donors (Lipinski definition) is 0. The molecule has 0 radical (unpaired) electrons. The first kappa shape index (κ1) is 16.5. The third-order valence-electron chi connectivity index (χ3n) is 2.65. The van der Waals surface area contributed by atoms with E-state index >= 15 is 0 Å². The molecular weight excluding hydrogens is 460 g/mol. The Morgan fingerprint density at radius 2 is 1.38 bits per heavy atom. The minimum Gasteiger partial charge on any atom is -0.275 e. The zero-order chi connectivity index (χ0) is 15.2. The number of rotatable bonds is 1. The van der Waals surface area contributed by atoms with Gasteiger partial charge in [-0.05, 0) is 35.9 Å². The standard InChI is InChI=1S/C10H9BrN2.C6H4Br2/c1-13-7-9(6-12-13)8-3-2-4-10(11)5-8;7-5-2-1-3-6(8)4-5/h2-7H,1H3;1-4H. The van der Waals surface area contributed by atoms with Crippen LogP contribution in [0.25, 0.3) is 11.1 Å². The van der Waals surface area contributed by atoms with Gasteiger partial charge in [-0.3, -0.25) is 4.68 Å². The molecular formula is C16H13Br3N2. The van der Waals surface area contributed by atoms with Gasteiger partial charge in [-0.25, -0.2) is 0 Å². The predicted octanol–water partition coefficient (Wildman–Crippen LogP) is 6.06. The highest BCUT2D eigenvalue weighted by atomic mass is 79.9. The van der Waals surface area contributed by atoms with Crippen LogP contribution in [0, 0.1) is 0 Å².